The third kappa shape index (κ3) is 8.16. The van der Waals surface area contributed by atoms with Gasteiger partial charge in [-0.15, -0.1) is 11.8 Å². The van der Waals surface area contributed by atoms with E-state index in [0.717, 1.165) is 36.1 Å². The zero-order valence-corrected chi connectivity index (χ0v) is 24.1. The standard InChI is InChI=1S/C30H31Cl3N2O2S/c31-22-13-15-24(16-14-22)38-18-17-29(36)35(20-25-26(32)11-6-12-27(25)33)28(19-21-7-2-1-3-8-21)30(37)34-23-9-4-5-10-23/h1-3,6-8,11-16,23,28H,4-5,9-10,17-20H2,(H,34,37)/t28-/m1/s1. The second-order valence-corrected chi connectivity index (χ2v) is 11.9. The lowest BCUT2D eigenvalue weighted by Crippen LogP contribution is -2.52. The molecule has 3 aromatic carbocycles. The summed E-state index contributed by atoms with van der Waals surface area (Å²) in [5, 5.41) is 4.84. The van der Waals surface area contributed by atoms with E-state index in [-0.39, 0.29) is 30.8 Å². The predicted octanol–water partition coefficient (Wildman–Crippen LogP) is 7.83. The van der Waals surface area contributed by atoms with Crippen LogP contribution in [0, 0.1) is 0 Å². The second-order valence-electron chi connectivity index (χ2n) is 9.47. The first-order chi connectivity index (χ1) is 18.4. The molecule has 200 valence electrons. The lowest BCUT2D eigenvalue weighted by atomic mass is 10.0. The number of benzene rings is 3. The van der Waals surface area contributed by atoms with Gasteiger partial charge in [0.25, 0.3) is 0 Å². The topological polar surface area (TPSA) is 49.4 Å². The summed E-state index contributed by atoms with van der Waals surface area (Å²) < 4.78 is 0. The lowest BCUT2D eigenvalue weighted by Gasteiger charge is -2.33. The lowest BCUT2D eigenvalue weighted by molar-refractivity contribution is -0.141. The van der Waals surface area contributed by atoms with Crippen molar-refractivity contribution >= 4 is 58.4 Å². The van der Waals surface area contributed by atoms with Crippen molar-refractivity contribution in [2.75, 3.05) is 5.75 Å². The van der Waals surface area contributed by atoms with E-state index in [1.165, 1.54) is 0 Å². The molecule has 1 saturated carbocycles. The number of carbonyl (C=O) groups is 2. The number of nitrogens with one attached hydrogen (secondary N) is 1. The molecule has 4 nitrogen and oxygen atoms in total. The number of thioether (sulfide) groups is 1. The van der Waals surface area contributed by atoms with Crippen LogP contribution in [0.1, 0.15) is 43.2 Å². The second kappa shape index (κ2) is 14.3. The van der Waals surface area contributed by atoms with Crippen LogP contribution in [0.3, 0.4) is 0 Å². The number of rotatable bonds is 11. The van der Waals surface area contributed by atoms with Crippen molar-refractivity contribution in [2.45, 2.75) is 62.0 Å². The minimum absolute atomic E-state index is 0.120. The third-order valence-corrected chi connectivity index (χ3v) is 8.74. The molecule has 0 aromatic heterocycles. The molecule has 0 unspecified atom stereocenters. The van der Waals surface area contributed by atoms with Gasteiger partial charge in [0, 0.05) is 56.7 Å². The zero-order valence-electron chi connectivity index (χ0n) is 21.0. The molecule has 4 rings (SSSR count). The maximum Gasteiger partial charge on any atom is 0.243 e. The highest BCUT2D eigenvalue weighted by Gasteiger charge is 2.32. The Balaban J connectivity index is 1.59. The first kappa shape index (κ1) is 28.8. The van der Waals surface area contributed by atoms with Gasteiger partial charge in [-0.05, 0) is 54.8 Å². The molecule has 0 spiro atoms. The van der Waals surface area contributed by atoms with E-state index in [1.54, 1.807) is 34.9 Å². The smallest absolute Gasteiger partial charge is 0.243 e. The molecule has 0 radical (unpaired) electrons. The Morgan fingerprint density at radius 2 is 1.55 bits per heavy atom. The predicted molar refractivity (Wildman–Crippen MR) is 158 cm³/mol. The van der Waals surface area contributed by atoms with Crippen LogP contribution in [-0.4, -0.2) is 34.6 Å². The molecule has 1 fully saturated rings. The van der Waals surface area contributed by atoms with Crippen molar-refractivity contribution in [2.24, 2.45) is 0 Å². The minimum Gasteiger partial charge on any atom is -0.352 e. The Kier molecular flexibility index (Phi) is 10.8. The molecule has 2 amide bonds. The van der Waals surface area contributed by atoms with Crippen LogP contribution in [-0.2, 0) is 22.6 Å². The number of amides is 2. The van der Waals surface area contributed by atoms with Gasteiger partial charge in [0.15, 0.2) is 0 Å². The quantitative estimate of drug-likeness (QED) is 0.232. The Morgan fingerprint density at radius 3 is 2.21 bits per heavy atom. The molecular formula is C30H31Cl3N2O2S. The molecule has 1 aliphatic carbocycles. The van der Waals surface area contributed by atoms with Crippen LogP contribution in [0.15, 0.2) is 77.7 Å². The van der Waals surface area contributed by atoms with E-state index < -0.39 is 6.04 Å². The van der Waals surface area contributed by atoms with Crippen molar-refractivity contribution < 1.29 is 9.59 Å². The molecule has 1 atom stereocenters. The fourth-order valence-corrected chi connectivity index (χ4v) is 6.19. The molecule has 8 heteroatoms. The highest BCUT2D eigenvalue weighted by molar-refractivity contribution is 7.99. The third-order valence-electron chi connectivity index (χ3n) is 6.76. The summed E-state index contributed by atoms with van der Waals surface area (Å²) in [7, 11) is 0. The summed E-state index contributed by atoms with van der Waals surface area (Å²) >= 11 is 20.6. The Hall–Kier alpha value is -2.18. The summed E-state index contributed by atoms with van der Waals surface area (Å²) in [6.07, 6.45) is 4.80. The van der Waals surface area contributed by atoms with Crippen molar-refractivity contribution in [3.63, 3.8) is 0 Å². The molecule has 1 aliphatic rings. The maximum atomic E-state index is 13.8. The van der Waals surface area contributed by atoms with E-state index in [9.17, 15) is 9.59 Å². The monoisotopic (exact) mass is 588 g/mol. The van der Waals surface area contributed by atoms with Gasteiger partial charge in [-0.1, -0.05) is 84.0 Å². The highest BCUT2D eigenvalue weighted by atomic mass is 35.5. The first-order valence-corrected chi connectivity index (χ1v) is 15.0. The van der Waals surface area contributed by atoms with Gasteiger partial charge >= 0.3 is 0 Å². The first-order valence-electron chi connectivity index (χ1n) is 12.9. The average Bonchev–Trinajstić information content (AvgIpc) is 3.42. The molecule has 0 saturated heterocycles. The average molecular weight is 590 g/mol. The Labute approximate surface area is 244 Å². The summed E-state index contributed by atoms with van der Waals surface area (Å²) in [4.78, 5) is 30.3. The van der Waals surface area contributed by atoms with E-state index >= 15 is 0 Å². The molecule has 0 bridgehead atoms. The van der Waals surface area contributed by atoms with Crippen LogP contribution >= 0.6 is 46.6 Å². The van der Waals surface area contributed by atoms with Gasteiger partial charge in [0.2, 0.25) is 11.8 Å². The van der Waals surface area contributed by atoms with E-state index in [4.69, 9.17) is 34.8 Å². The molecule has 38 heavy (non-hydrogen) atoms. The number of hydrogen-bond donors (Lipinski definition) is 1. The van der Waals surface area contributed by atoms with Gasteiger partial charge < -0.3 is 10.2 Å². The Morgan fingerprint density at radius 1 is 0.895 bits per heavy atom. The SMILES string of the molecule is O=C(NC1CCCC1)[C@@H](Cc1ccccc1)N(Cc1c(Cl)cccc1Cl)C(=O)CCSc1ccc(Cl)cc1. The molecule has 0 heterocycles. The van der Waals surface area contributed by atoms with Crippen molar-refractivity contribution in [3.8, 4) is 0 Å². The number of hydrogen-bond acceptors (Lipinski definition) is 3. The van der Waals surface area contributed by atoms with Gasteiger partial charge in [-0.3, -0.25) is 9.59 Å². The van der Waals surface area contributed by atoms with Crippen LogP contribution in [0.25, 0.3) is 0 Å². The fraction of sp³-hybridized carbons (Fsp3) is 0.333. The highest BCUT2D eigenvalue weighted by Crippen LogP contribution is 2.29. The van der Waals surface area contributed by atoms with Crippen LogP contribution in [0.5, 0.6) is 0 Å². The van der Waals surface area contributed by atoms with Crippen molar-refractivity contribution in [3.05, 3.63) is 99.0 Å². The van der Waals surface area contributed by atoms with Crippen molar-refractivity contribution in [1.29, 1.82) is 0 Å². The fourth-order valence-electron chi connectivity index (χ4n) is 4.71. The summed E-state index contributed by atoms with van der Waals surface area (Å²) in [6.45, 7) is 0.151. The van der Waals surface area contributed by atoms with Gasteiger partial charge in [0.1, 0.15) is 6.04 Å². The molecule has 3 aromatic rings. The Bertz CT molecular complexity index is 1200. The van der Waals surface area contributed by atoms with Gasteiger partial charge in [-0.2, -0.15) is 0 Å². The van der Waals surface area contributed by atoms with E-state index in [1.807, 2.05) is 54.6 Å². The molecule has 1 N–H and O–H groups in total. The summed E-state index contributed by atoms with van der Waals surface area (Å²) in [5.74, 6) is 0.308. The summed E-state index contributed by atoms with van der Waals surface area (Å²) in [6, 6.07) is 22.1. The summed E-state index contributed by atoms with van der Waals surface area (Å²) in [5.41, 5.74) is 1.62. The van der Waals surface area contributed by atoms with Crippen LogP contribution in [0.2, 0.25) is 15.1 Å². The number of nitrogens with zero attached hydrogens (tertiary/aromatic N) is 1. The van der Waals surface area contributed by atoms with E-state index in [0.29, 0.717) is 32.8 Å². The van der Waals surface area contributed by atoms with E-state index in [2.05, 4.69) is 5.32 Å². The van der Waals surface area contributed by atoms with Crippen LogP contribution < -0.4 is 5.32 Å². The maximum absolute atomic E-state index is 13.8. The molecule has 0 aliphatic heterocycles. The normalized spacial score (nSPS) is 14.3. The van der Waals surface area contributed by atoms with Crippen LogP contribution in [0.4, 0.5) is 0 Å². The zero-order chi connectivity index (χ0) is 26.9. The number of carbonyl (C=O) groups excluding carboxylic acids is 2. The van der Waals surface area contributed by atoms with Gasteiger partial charge in [-0.25, -0.2) is 0 Å². The minimum atomic E-state index is -0.696. The van der Waals surface area contributed by atoms with Crippen molar-refractivity contribution in [1.82, 2.24) is 10.2 Å². The molecular weight excluding hydrogens is 559 g/mol. The van der Waals surface area contributed by atoms with Gasteiger partial charge in [0.05, 0.1) is 0 Å². The number of halogens is 3. The largest absolute Gasteiger partial charge is 0.352 e.